The first-order chi connectivity index (χ1) is 20.2. The van der Waals surface area contributed by atoms with Crippen LogP contribution in [-0.2, 0) is 0 Å². The number of benzene rings is 3. The van der Waals surface area contributed by atoms with Crippen LogP contribution in [0.1, 0.15) is 165 Å². The van der Waals surface area contributed by atoms with Gasteiger partial charge in [0.05, 0.1) is 0 Å². The Kier molecular flexibility index (Phi) is 10.2. The van der Waals surface area contributed by atoms with Crippen LogP contribution in [0.3, 0.4) is 0 Å². The van der Waals surface area contributed by atoms with Gasteiger partial charge in [0.25, 0.3) is 0 Å². The van der Waals surface area contributed by atoms with Gasteiger partial charge in [-0.15, -0.1) is 0 Å². The quantitative estimate of drug-likeness (QED) is 0.163. The van der Waals surface area contributed by atoms with E-state index in [1.54, 1.807) is 20.8 Å². The highest BCUT2D eigenvalue weighted by Crippen LogP contribution is 2.34. The standard InChI is InChI=1S/C42H58Si/c1-26(2)33-17-34(27(3)4)21-39(20-33)43(42-16-14-15-32(42)13,40-22-35(28(5)6)18-36(23-40)29(7)8)41-24-37(30(9)10)19-38(25-41)31(11)12/h14-15,17-31H,16H2,1-13H3. The molecule has 0 aromatic heterocycles. The molecule has 1 aliphatic rings. The van der Waals surface area contributed by atoms with Crippen LogP contribution in [0, 0.1) is 0 Å². The molecule has 0 spiro atoms. The van der Waals surface area contributed by atoms with Gasteiger partial charge in [0.2, 0.25) is 0 Å². The molecule has 43 heavy (non-hydrogen) atoms. The Morgan fingerprint density at radius 2 is 0.674 bits per heavy atom. The third-order valence-corrected chi connectivity index (χ3v) is 14.8. The average molecular weight is 591 g/mol. The highest BCUT2D eigenvalue weighted by Gasteiger charge is 2.45. The van der Waals surface area contributed by atoms with Gasteiger partial charge >= 0.3 is 0 Å². The van der Waals surface area contributed by atoms with Crippen molar-refractivity contribution in [1.29, 1.82) is 0 Å². The van der Waals surface area contributed by atoms with Gasteiger partial charge in [-0.2, -0.15) is 0 Å². The molecule has 1 heteroatoms. The Hall–Kier alpha value is -2.64. The fraction of sp³-hybridized carbons (Fsp3) is 0.476. The summed E-state index contributed by atoms with van der Waals surface area (Å²) in [7, 11) is -2.70. The second-order valence-corrected chi connectivity index (χ2v) is 18.9. The van der Waals surface area contributed by atoms with Crippen molar-refractivity contribution in [3.05, 3.63) is 111 Å². The molecule has 0 amide bonds. The molecule has 0 radical (unpaired) electrons. The van der Waals surface area contributed by atoms with Crippen LogP contribution in [0.25, 0.3) is 0 Å². The smallest absolute Gasteiger partial charge is 0.0806 e. The summed E-state index contributed by atoms with van der Waals surface area (Å²) in [5.41, 5.74) is 10.3. The van der Waals surface area contributed by atoms with E-state index in [1.807, 2.05) is 0 Å². The third kappa shape index (κ3) is 6.58. The molecule has 0 saturated heterocycles. The van der Waals surface area contributed by atoms with Gasteiger partial charge in [0, 0.05) is 0 Å². The SMILES string of the molecule is CC1=C([Si](c2cc(C(C)C)cc(C(C)C)c2)(c2cc(C(C)C)cc(C(C)C)c2)c2cc(C(C)C)cc(C(C)C)c2)CC=C1. The molecule has 0 heterocycles. The highest BCUT2D eigenvalue weighted by atomic mass is 28.3. The summed E-state index contributed by atoms with van der Waals surface area (Å²) in [5, 5.41) is 6.35. The second-order valence-electron chi connectivity index (χ2n) is 15.1. The molecule has 3 aromatic rings. The summed E-state index contributed by atoms with van der Waals surface area (Å²) < 4.78 is 0. The molecular weight excluding hydrogens is 533 g/mol. The molecule has 0 N–H and O–H groups in total. The van der Waals surface area contributed by atoms with E-state index < -0.39 is 8.07 Å². The maximum Gasteiger partial charge on any atom is 0.176 e. The zero-order valence-electron chi connectivity index (χ0n) is 29.5. The highest BCUT2D eigenvalue weighted by molar-refractivity contribution is 7.16. The van der Waals surface area contributed by atoms with E-state index in [0.29, 0.717) is 35.5 Å². The van der Waals surface area contributed by atoms with E-state index in [-0.39, 0.29) is 0 Å². The zero-order chi connectivity index (χ0) is 31.8. The van der Waals surface area contributed by atoms with E-state index in [0.717, 1.165) is 6.42 Å². The number of hydrogen-bond acceptors (Lipinski definition) is 0. The van der Waals surface area contributed by atoms with Gasteiger partial charge in [-0.25, -0.2) is 0 Å². The van der Waals surface area contributed by atoms with E-state index >= 15 is 0 Å². The molecule has 1 aliphatic carbocycles. The lowest BCUT2D eigenvalue weighted by molar-refractivity contribution is 0.834. The molecule has 0 nitrogen and oxygen atoms in total. The van der Waals surface area contributed by atoms with Crippen molar-refractivity contribution in [2.75, 3.05) is 0 Å². The monoisotopic (exact) mass is 590 g/mol. The van der Waals surface area contributed by atoms with Crippen LogP contribution < -0.4 is 15.6 Å². The first-order valence-electron chi connectivity index (χ1n) is 17.0. The first-order valence-corrected chi connectivity index (χ1v) is 19.0. The Morgan fingerprint density at radius 3 is 0.860 bits per heavy atom. The second kappa shape index (κ2) is 13.2. The lowest BCUT2D eigenvalue weighted by Gasteiger charge is -2.39. The Morgan fingerprint density at radius 1 is 0.419 bits per heavy atom. The Bertz CT molecular complexity index is 1270. The molecule has 4 rings (SSSR count). The minimum Gasteiger partial charge on any atom is -0.0806 e. The summed E-state index contributed by atoms with van der Waals surface area (Å²) in [6.07, 6.45) is 5.86. The summed E-state index contributed by atoms with van der Waals surface area (Å²) in [5.74, 6) is 2.85. The van der Waals surface area contributed by atoms with Crippen molar-refractivity contribution < 1.29 is 0 Å². The van der Waals surface area contributed by atoms with Gasteiger partial charge in [-0.05, 0) is 97.8 Å². The molecule has 3 aromatic carbocycles. The van der Waals surface area contributed by atoms with E-state index in [4.69, 9.17) is 0 Å². The van der Waals surface area contributed by atoms with Crippen LogP contribution >= 0.6 is 0 Å². The van der Waals surface area contributed by atoms with Crippen LogP contribution in [0.5, 0.6) is 0 Å². The van der Waals surface area contributed by atoms with E-state index in [2.05, 4.69) is 157 Å². The maximum atomic E-state index is 2.62. The van der Waals surface area contributed by atoms with Gasteiger partial charge < -0.3 is 0 Å². The largest absolute Gasteiger partial charge is 0.176 e. The lowest BCUT2D eigenvalue weighted by atomic mass is 9.95. The number of allylic oxidation sites excluding steroid dienone is 4. The van der Waals surface area contributed by atoms with Crippen molar-refractivity contribution in [2.45, 2.75) is 132 Å². The normalized spacial score (nSPS) is 14.2. The molecule has 0 fully saturated rings. The van der Waals surface area contributed by atoms with Crippen molar-refractivity contribution in [2.24, 2.45) is 0 Å². The predicted molar refractivity (Wildman–Crippen MR) is 195 cm³/mol. The van der Waals surface area contributed by atoms with Gasteiger partial charge in [-0.1, -0.05) is 161 Å². The molecular formula is C42H58Si. The minimum absolute atomic E-state index is 0.474. The van der Waals surface area contributed by atoms with Crippen molar-refractivity contribution in [3.63, 3.8) is 0 Å². The minimum atomic E-state index is -2.70. The van der Waals surface area contributed by atoms with E-state index in [1.165, 1.54) is 39.0 Å². The molecule has 0 saturated carbocycles. The number of hydrogen-bond donors (Lipinski definition) is 0. The summed E-state index contributed by atoms with van der Waals surface area (Å²) in [6, 6.07) is 23.2. The van der Waals surface area contributed by atoms with Crippen molar-refractivity contribution >= 4 is 23.6 Å². The Balaban J connectivity index is 2.33. The van der Waals surface area contributed by atoms with Crippen LogP contribution in [-0.4, -0.2) is 8.07 Å². The van der Waals surface area contributed by atoms with Crippen LogP contribution in [0.15, 0.2) is 77.5 Å². The average Bonchev–Trinajstić information content (AvgIpc) is 3.38. The zero-order valence-corrected chi connectivity index (χ0v) is 30.5. The molecule has 230 valence electrons. The van der Waals surface area contributed by atoms with Crippen LogP contribution in [0.2, 0.25) is 0 Å². The molecule has 0 unspecified atom stereocenters. The maximum absolute atomic E-state index is 2.70. The fourth-order valence-corrected chi connectivity index (χ4v) is 12.2. The molecule has 0 atom stereocenters. The topological polar surface area (TPSA) is 0 Å². The summed E-state index contributed by atoms with van der Waals surface area (Å²) in [4.78, 5) is 0. The third-order valence-electron chi connectivity index (χ3n) is 9.85. The number of rotatable bonds is 10. The molecule has 0 aliphatic heterocycles. The van der Waals surface area contributed by atoms with Gasteiger partial charge in [-0.3, -0.25) is 0 Å². The first kappa shape index (κ1) is 33.3. The lowest BCUT2D eigenvalue weighted by Crippen LogP contribution is -2.69. The van der Waals surface area contributed by atoms with Crippen molar-refractivity contribution in [1.82, 2.24) is 0 Å². The Labute approximate surface area is 265 Å². The van der Waals surface area contributed by atoms with Crippen molar-refractivity contribution in [3.8, 4) is 0 Å². The van der Waals surface area contributed by atoms with Gasteiger partial charge in [0.15, 0.2) is 8.07 Å². The fourth-order valence-electron chi connectivity index (χ4n) is 6.77. The van der Waals surface area contributed by atoms with Gasteiger partial charge in [0.1, 0.15) is 0 Å². The summed E-state index contributed by atoms with van der Waals surface area (Å²) >= 11 is 0. The molecule has 0 bridgehead atoms. The van der Waals surface area contributed by atoms with E-state index in [9.17, 15) is 0 Å². The summed E-state index contributed by atoms with van der Waals surface area (Å²) in [6.45, 7) is 30.7. The van der Waals surface area contributed by atoms with Crippen LogP contribution in [0.4, 0.5) is 0 Å². The predicted octanol–water partition coefficient (Wildman–Crippen LogP) is 10.7.